The van der Waals surface area contributed by atoms with Crippen LogP contribution in [0, 0.1) is 0 Å². The van der Waals surface area contributed by atoms with Crippen molar-refractivity contribution in [3.63, 3.8) is 0 Å². The van der Waals surface area contributed by atoms with Crippen molar-refractivity contribution in [2.24, 2.45) is 0 Å². The Morgan fingerprint density at radius 3 is 2.05 bits per heavy atom. The van der Waals surface area contributed by atoms with Gasteiger partial charge in [-0.05, 0) is 44.1 Å². The van der Waals surface area contributed by atoms with Crippen LogP contribution in [0.4, 0.5) is 0 Å². The second kappa shape index (κ2) is 5.89. The smallest absolute Gasteiger partial charge is 0.0882 e. The van der Waals surface area contributed by atoms with Gasteiger partial charge in [-0.25, -0.2) is 0 Å². The van der Waals surface area contributed by atoms with E-state index in [4.69, 9.17) is 0 Å². The van der Waals surface area contributed by atoms with Gasteiger partial charge in [-0.2, -0.15) is 0 Å². The molecule has 1 heteroatoms. The van der Waals surface area contributed by atoms with Crippen LogP contribution >= 0.6 is 0 Å². The van der Waals surface area contributed by atoms with Crippen molar-refractivity contribution >= 4 is 0 Å². The summed E-state index contributed by atoms with van der Waals surface area (Å²) in [5, 5.41) is 0. The number of likely N-dealkylation sites (N-methyl/N-ethyl adjacent to an activating group) is 1. The topological polar surface area (TPSA) is 0 Å². The average molecular weight is 272 g/mol. The molecule has 1 saturated carbocycles. The molecule has 1 saturated heterocycles. The zero-order valence-corrected chi connectivity index (χ0v) is 13.1. The van der Waals surface area contributed by atoms with Crippen molar-refractivity contribution < 1.29 is 4.48 Å². The van der Waals surface area contributed by atoms with Gasteiger partial charge in [-0.15, -0.1) is 0 Å². The lowest BCUT2D eigenvalue weighted by Crippen LogP contribution is -2.52. The zero-order chi connectivity index (χ0) is 13.9. The highest BCUT2D eigenvalue weighted by Gasteiger charge is 2.42. The van der Waals surface area contributed by atoms with E-state index in [0.717, 1.165) is 0 Å². The summed E-state index contributed by atoms with van der Waals surface area (Å²) in [4.78, 5) is 0. The summed E-state index contributed by atoms with van der Waals surface area (Å²) in [5.41, 5.74) is 2.08. The molecule has 0 radical (unpaired) electrons. The van der Waals surface area contributed by atoms with Crippen molar-refractivity contribution in [3.8, 4) is 0 Å². The molecule has 0 aromatic heterocycles. The van der Waals surface area contributed by atoms with Crippen LogP contribution in [-0.2, 0) is 5.41 Å². The van der Waals surface area contributed by atoms with Gasteiger partial charge >= 0.3 is 0 Å². The van der Waals surface area contributed by atoms with Gasteiger partial charge in [0.05, 0.1) is 26.7 Å². The fraction of sp³-hybridized carbons (Fsp3) is 0.684. The van der Waals surface area contributed by atoms with E-state index < -0.39 is 0 Å². The average Bonchev–Trinajstić information content (AvgIpc) is 2.83. The molecular weight excluding hydrogens is 242 g/mol. The van der Waals surface area contributed by atoms with Gasteiger partial charge in [0.1, 0.15) is 0 Å². The van der Waals surface area contributed by atoms with E-state index in [0.29, 0.717) is 5.41 Å². The highest BCUT2D eigenvalue weighted by atomic mass is 15.3. The fourth-order valence-corrected chi connectivity index (χ4v) is 4.72. The lowest BCUT2D eigenvalue weighted by Gasteiger charge is -2.42. The van der Waals surface area contributed by atoms with Crippen LogP contribution < -0.4 is 0 Å². The molecule has 2 aliphatic rings. The van der Waals surface area contributed by atoms with Gasteiger partial charge in [-0.1, -0.05) is 43.2 Å². The van der Waals surface area contributed by atoms with E-state index >= 15 is 0 Å². The number of benzene rings is 1. The Labute approximate surface area is 124 Å². The Balaban J connectivity index is 1.84. The first-order chi connectivity index (χ1) is 9.73. The van der Waals surface area contributed by atoms with Crippen LogP contribution in [0.3, 0.4) is 0 Å². The molecule has 110 valence electrons. The van der Waals surface area contributed by atoms with E-state index in [2.05, 4.69) is 37.4 Å². The molecule has 3 rings (SSSR count). The Morgan fingerprint density at radius 2 is 1.45 bits per heavy atom. The molecule has 0 amide bonds. The molecule has 1 aromatic rings. The summed E-state index contributed by atoms with van der Waals surface area (Å²) >= 11 is 0. The summed E-state index contributed by atoms with van der Waals surface area (Å²) in [6.45, 7) is 4.17. The van der Waals surface area contributed by atoms with E-state index in [9.17, 15) is 0 Å². The van der Waals surface area contributed by atoms with Crippen LogP contribution in [-0.4, -0.2) is 31.2 Å². The summed E-state index contributed by atoms with van der Waals surface area (Å²) in [7, 11) is 2.52. The first-order valence-corrected chi connectivity index (χ1v) is 8.62. The first-order valence-electron chi connectivity index (χ1n) is 8.62. The largest absolute Gasteiger partial charge is 0.325 e. The van der Waals surface area contributed by atoms with Crippen LogP contribution in [0.25, 0.3) is 0 Å². The number of quaternary nitrogens is 1. The lowest BCUT2D eigenvalue weighted by atomic mass is 9.77. The third-order valence-corrected chi connectivity index (χ3v) is 5.78. The van der Waals surface area contributed by atoms with Gasteiger partial charge in [0, 0.05) is 5.41 Å². The summed E-state index contributed by atoms with van der Waals surface area (Å²) < 4.78 is 1.31. The van der Waals surface area contributed by atoms with Crippen molar-refractivity contribution in [2.75, 3.05) is 26.7 Å². The highest BCUT2D eigenvalue weighted by molar-refractivity contribution is 5.26. The Kier molecular flexibility index (Phi) is 4.16. The van der Waals surface area contributed by atoms with E-state index in [-0.39, 0.29) is 0 Å². The maximum atomic E-state index is 2.52. The molecule has 0 N–H and O–H groups in total. The Morgan fingerprint density at radius 1 is 0.850 bits per heavy atom. The first kappa shape index (κ1) is 14.1. The minimum Gasteiger partial charge on any atom is -0.325 e. The molecule has 1 aliphatic heterocycles. The summed E-state index contributed by atoms with van der Waals surface area (Å²) in [6.07, 6.45) is 11.4. The van der Waals surface area contributed by atoms with Crippen LogP contribution in [0.15, 0.2) is 30.3 Å². The molecule has 0 bridgehead atoms. The standard InChI is InChI=1S/C19H30N/c1-20(15-9-2-3-10-16-20)17-19(13-7-8-14-19)18-11-5-4-6-12-18/h4-6,11-12H,2-3,7-10,13-17H2,1H3/q+1. The molecular formula is C19H30N+. The van der Waals surface area contributed by atoms with Gasteiger partial charge in [0.2, 0.25) is 0 Å². The molecule has 1 heterocycles. The number of likely N-dealkylation sites (tertiary alicyclic amines) is 1. The molecule has 0 spiro atoms. The molecule has 1 aliphatic carbocycles. The van der Waals surface area contributed by atoms with E-state index in [1.165, 1.54) is 75.5 Å². The number of nitrogens with zero attached hydrogens (tertiary/aromatic N) is 1. The second-order valence-electron chi connectivity index (χ2n) is 7.49. The highest BCUT2D eigenvalue weighted by Crippen LogP contribution is 2.43. The number of rotatable bonds is 3. The normalized spacial score (nSPS) is 25.2. The number of hydrogen-bond acceptors (Lipinski definition) is 0. The lowest BCUT2D eigenvalue weighted by molar-refractivity contribution is -0.912. The quantitative estimate of drug-likeness (QED) is 0.710. The molecule has 20 heavy (non-hydrogen) atoms. The van der Waals surface area contributed by atoms with Gasteiger partial charge in [-0.3, -0.25) is 0 Å². The monoisotopic (exact) mass is 272 g/mol. The van der Waals surface area contributed by atoms with Crippen molar-refractivity contribution in [2.45, 2.75) is 56.8 Å². The van der Waals surface area contributed by atoms with Crippen LogP contribution in [0.1, 0.15) is 56.9 Å². The molecule has 2 fully saturated rings. The van der Waals surface area contributed by atoms with Gasteiger partial charge < -0.3 is 4.48 Å². The van der Waals surface area contributed by atoms with E-state index in [1.807, 2.05) is 0 Å². The Hall–Kier alpha value is -0.820. The van der Waals surface area contributed by atoms with Crippen molar-refractivity contribution in [3.05, 3.63) is 35.9 Å². The van der Waals surface area contributed by atoms with E-state index in [1.54, 1.807) is 5.56 Å². The predicted octanol–water partition coefficient (Wildman–Crippen LogP) is 4.52. The van der Waals surface area contributed by atoms with Crippen LogP contribution in [0.2, 0.25) is 0 Å². The minimum atomic E-state index is 0.473. The molecule has 1 nitrogen and oxygen atoms in total. The zero-order valence-electron chi connectivity index (χ0n) is 13.1. The third-order valence-electron chi connectivity index (χ3n) is 5.78. The molecule has 0 unspecified atom stereocenters. The third kappa shape index (κ3) is 2.93. The minimum absolute atomic E-state index is 0.473. The van der Waals surface area contributed by atoms with Gasteiger partial charge in [0.15, 0.2) is 0 Å². The maximum Gasteiger partial charge on any atom is 0.0882 e. The number of hydrogen-bond donors (Lipinski definition) is 0. The molecule has 1 aromatic carbocycles. The van der Waals surface area contributed by atoms with Gasteiger partial charge in [0.25, 0.3) is 0 Å². The summed E-state index contributed by atoms with van der Waals surface area (Å²) in [5.74, 6) is 0. The summed E-state index contributed by atoms with van der Waals surface area (Å²) in [6, 6.07) is 11.4. The predicted molar refractivity (Wildman–Crippen MR) is 85.8 cm³/mol. The molecule has 0 atom stereocenters. The maximum absolute atomic E-state index is 2.52. The van der Waals surface area contributed by atoms with Crippen LogP contribution in [0.5, 0.6) is 0 Å². The SMILES string of the molecule is C[N+]1(CC2(c3ccccc3)CCCC2)CCCCCC1. The second-order valence-corrected chi connectivity index (χ2v) is 7.49. The fourth-order valence-electron chi connectivity index (χ4n) is 4.72. The Bertz CT molecular complexity index is 409. The van der Waals surface area contributed by atoms with Crippen molar-refractivity contribution in [1.29, 1.82) is 0 Å². The van der Waals surface area contributed by atoms with Crippen molar-refractivity contribution in [1.82, 2.24) is 0 Å².